The van der Waals surface area contributed by atoms with Crippen LogP contribution in [0.15, 0.2) is 108 Å². The van der Waals surface area contributed by atoms with E-state index < -0.39 is 28.5 Å². The zero-order chi connectivity index (χ0) is 31.0. The van der Waals surface area contributed by atoms with Crippen molar-refractivity contribution in [3.63, 3.8) is 0 Å². The molecule has 0 aliphatic rings. The number of benzene rings is 4. The molecule has 0 aromatic heterocycles. The first-order chi connectivity index (χ1) is 20.6. The van der Waals surface area contributed by atoms with Crippen molar-refractivity contribution in [2.24, 2.45) is 0 Å². The number of nitrogens with one attached hydrogen (secondary N) is 1. The fourth-order valence-electron chi connectivity index (χ4n) is 4.62. The van der Waals surface area contributed by atoms with E-state index in [9.17, 15) is 18.0 Å². The van der Waals surface area contributed by atoms with E-state index in [0.29, 0.717) is 6.54 Å². The monoisotopic (exact) mass is 637 g/mol. The Kier molecular flexibility index (Phi) is 10.9. The van der Waals surface area contributed by atoms with Gasteiger partial charge < -0.3 is 10.2 Å². The summed E-state index contributed by atoms with van der Waals surface area (Å²) in [5, 5.41) is 3.24. The topological polar surface area (TPSA) is 86.8 Å². The minimum Gasteiger partial charge on any atom is -0.355 e. The molecule has 0 fully saturated rings. The van der Waals surface area contributed by atoms with Crippen LogP contribution in [0.2, 0.25) is 10.0 Å². The van der Waals surface area contributed by atoms with Gasteiger partial charge in [-0.05, 0) is 55.3 Å². The number of hydrogen-bond acceptors (Lipinski definition) is 4. The Balaban J connectivity index is 1.80. The van der Waals surface area contributed by atoms with E-state index in [1.54, 1.807) is 18.2 Å². The number of carbonyl (C=O) groups excluding carboxylic acids is 2. The number of rotatable bonds is 12. The Hall–Kier alpha value is -3.85. The number of nitrogens with zero attached hydrogens (tertiary/aromatic N) is 2. The predicted molar refractivity (Wildman–Crippen MR) is 172 cm³/mol. The van der Waals surface area contributed by atoms with Crippen molar-refractivity contribution in [1.82, 2.24) is 10.2 Å². The van der Waals surface area contributed by atoms with Crippen LogP contribution in [-0.2, 0) is 32.6 Å². The summed E-state index contributed by atoms with van der Waals surface area (Å²) in [5.41, 5.74) is 2.87. The first-order valence-electron chi connectivity index (χ1n) is 13.8. The van der Waals surface area contributed by atoms with E-state index in [-0.39, 0.29) is 39.5 Å². The van der Waals surface area contributed by atoms with E-state index in [1.807, 2.05) is 68.4 Å². The minimum atomic E-state index is -4.22. The number of hydrogen-bond donors (Lipinski definition) is 1. The molecule has 0 bridgehead atoms. The third-order valence-electron chi connectivity index (χ3n) is 6.90. The van der Waals surface area contributed by atoms with Crippen LogP contribution in [0, 0.1) is 6.92 Å². The van der Waals surface area contributed by atoms with Crippen LogP contribution in [0.5, 0.6) is 0 Å². The number of likely N-dealkylation sites (N-methyl/N-ethyl adjacent to an activating group) is 1. The second-order valence-electron chi connectivity index (χ2n) is 10.0. The van der Waals surface area contributed by atoms with Crippen LogP contribution in [0.4, 0.5) is 5.69 Å². The lowest BCUT2D eigenvalue weighted by molar-refractivity contribution is -0.140. The molecule has 4 aromatic rings. The number of halogens is 2. The van der Waals surface area contributed by atoms with Gasteiger partial charge in [0.1, 0.15) is 12.6 Å². The van der Waals surface area contributed by atoms with E-state index in [2.05, 4.69) is 5.32 Å². The number of sulfonamides is 1. The fraction of sp³-hybridized carbons (Fsp3) is 0.212. The van der Waals surface area contributed by atoms with E-state index in [4.69, 9.17) is 23.2 Å². The SMILES string of the molecule is CCNC(=O)[C@@H](Cc1ccccc1)N(Cc1ccc(C)cc1)C(=O)CN(c1ccc(Cl)c(Cl)c1)S(=O)(=O)c1ccccc1. The molecule has 43 heavy (non-hydrogen) atoms. The average molecular weight is 639 g/mol. The van der Waals surface area contributed by atoms with Crippen LogP contribution in [-0.4, -0.2) is 44.3 Å². The predicted octanol–water partition coefficient (Wildman–Crippen LogP) is 6.27. The summed E-state index contributed by atoms with van der Waals surface area (Å²) in [7, 11) is -4.22. The maximum Gasteiger partial charge on any atom is 0.264 e. The Morgan fingerprint density at radius 2 is 1.44 bits per heavy atom. The van der Waals surface area contributed by atoms with E-state index in [0.717, 1.165) is 21.0 Å². The lowest BCUT2D eigenvalue weighted by Crippen LogP contribution is -2.53. The highest BCUT2D eigenvalue weighted by Crippen LogP contribution is 2.31. The number of anilines is 1. The van der Waals surface area contributed by atoms with Gasteiger partial charge >= 0.3 is 0 Å². The summed E-state index contributed by atoms with van der Waals surface area (Å²) in [4.78, 5) is 29.3. The first-order valence-corrected chi connectivity index (χ1v) is 16.0. The van der Waals surface area contributed by atoms with Crippen LogP contribution < -0.4 is 9.62 Å². The van der Waals surface area contributed by atoms with Gasteiger partial charge in [-0.1, -0.05) is 102 Å². The first kappa shape index (κ1) is 32.1. The zero-order valence-corrected chi connectivity index (χ0v) is 26.2. The van der Waals surface area contributed by atoms with E-state index >= 15 is 0 Å². The number of carbonyl (C=O) groups is 2. The molecule has 10 heteroatoms. The van der Waals surface area contributed by atoms with Crippen molar-refractivity contribution in [1.29, 1.82) is 0 Å². The highest BCUT2D eigenvalue weighted by Gasteiger charge is 2.34. The largest absolute Gasteiger partial charge is 0.355 e. The van der Waals surface area contributed by atoms with Gasteiger partial charge in [-0.2, -0.15) is 0 Å². The molecule has 0 heterocycles. The van der Waals surface area contributed by atoms with Crippen LogP contribution in [0.25, 0.3) is 0 Å². The molecule has 0 aliphatic heterocycles. The van der Waals surface area contributed by atoms with Crippen molar-refractivity contribution in [2.75, 3.05) is 17.4 Å². The van der Waals surface area contributed by atoms with Crippen LogP contribution in [0.3, 0.4) is 0 Å². The smallest absolute Gasteiger partial charge is 0.264 e. The highest BCUT2D eigenvalue weighted by molar-refractivity contribution is 7.92. The molecule has 4 rings (SSSR count). The van der Waals surface area contributed by atoms with Crippen molar-refractivity contribution in [2.45, 2.75) is 37.8 Å². The molecule has 0 saturated carbocycles. The third-order valence-corrected chi connectivity index (χ3v) is 9.42. The number of amides is 2. The molecule has 0 saturated heterocycles. The summed E-state index contributed by atoms with van der Waals surface area (Å²) in [6.07, 6.45) is 0.239. The Bertz CT molecular complexity index is 1650. The highest BCUT2D eigenvalue weighted by atomic mass is 35.5. The summed E-state index contributed by atoms with van der Waals surface area (Å²) in [6, 6.07) is 28.4. The van der Waals surface area contributed by atoms with E-state index in [1.165, 1.54) is 35.2 Å². The quantitative estimate of drug-likeness (QED) is 0.198. The normalized spacial score (nSPS) is 11.9. The van der Waals surface area contributed by atoms with Gasteiger partial charge in [-0.15, -0.1) is 0 Å². The van der Waals surface area contributed by atoms with Gasteiger partial charge in [-0.3, -0.25) is 13.9 Å². The molecule has 0 spiro atoms. The summed E-state index contributed by atoms with van der Waals surface area (Å²) in [6.45, 7) is 3.65. The van der Waals surface area contributed by atoms with Gasteiger partial charge in [0.15, 0.2) is 0 Å². The van der Waals surface area contributed by atoms with Gasteiger partial charge in [0.05, 0.1) is 20.6 Å². The lowest BCUT2D eigenvalue weighted by Gasteiger charge is -2.34. The Morgan fingerprint density at radius 1 is 0.814 bits per heavy atom. The molecule has 2 amide bonds. The molecule has 0 unspecified atom stereocenters. The standard InChI is InChI=1S/C33H33Cl2N3O4S/c1-3-36-33(40)31(20-25-10-6-4-7-11-25)37(22-26-16-14-24(2)15-17-26)32(39)23-38(27-18-19-29(34)30(35)21-27)43(41,42)28-12-8-5-9-13-28/h4-19,21,31H,3,20,22-23H2,1-2H3,(H,36,40)/t31-/m1/s1. The molecule has 1 N–H and O–H groups in total. The Morgan fingerprint density at radius 3 is 2.05 bits per heavy atom. The molecular formula is C33H33Cl2N3O4S. The van der Waals surface area contributed by atoms with Gasteiger partial charge in [0, 0.05) is 19.5 Å². The molecular weight excluding hydrogens is 605 g/mol. The van der Waals surface area contributed by atoms with Gasteiger partial charge in [-0.25, -0.2) is 8.42 Å². The fourth-order valence-corrected chi connectivity index (χ4v) is 6.34. The summed E-state index contributed by atoms with van der Waals surface area (Å²) in [5.74, 6) is -0.892. The summed E-state index contributed by atoms with van der Waals surface area (Å²) >= 11 is 12.4. The summed E-state index contributed by atoms with van der Waals surface area (Å²) < 4.78 is 29.0. The Labute approximate surface area is 263 Å². The lowest BCUT2D eigenvalue weighted by atomic mass is 10.0. The van der Waals surface area contributed by atoms with Crippen LogP contribution in [0.1, 0.15) is 23.6 Å². The molecule has 1 atom stereocenters. The third kappa shape index (κ3) is 8.16. The molecule has 224 valence electrons. The second kappa shape index (κ2) is 14.6. The van der Waals surface area contributed by atoms with Crippen LogP contribution >= 0.6 is 23.2 Å². The molecule has 0 radical (unpaired) electrons. The van der Waals surface area contributed by atoms with Gasteiger partial charge in [0.25, 0.3) is 10.0 Å². The maximum atomic E-state index is 14.3. The second-order valence-corrected chi connectivity index (χ2v) is 12.7. The average Bonchev–Trinajstić information content (AvgIpc) is 3.01. The van der Waals surface area contributed by atoms with Crippen molar-refractivity contribution >= 4 is 50.7 Å². The molecule has 0 aliphatic carbocycles. The molecule has 4 aromatic carbocycles. The maximum absolute atomic E-state index is 14.3. The minimum absolute atomic E-state index is 0.00326. The molecule has 7 nitrogen and oxygen atoms in total. The zero-order valence-electron chi connectivity index (χ0n) is 23.9. The van der Waals surface area contributed by atoms with Crippen molar-refractivity contribution < 1.29 is 18.0 Å². The van der Waals surface area contributed by atoms with Crippen molar-refractivity contribution in [3.8, 4) is 0 Å². The number of aryl methyl sites for hydroxylation is 1. The van der Waals surface area contributed by atoms with Gasteiger partial charge in [0.2, 0.25) is 11.8 Å². The van der Waals surface area contributed by atoms with Crippen molar-refractivity contribution in [3.05, 3.63) is 130 Å².